The van der Waals surface area contributed by atoms with Crippen LogP contribution in [0.15, 0.2) is 0 Å². The van der Waals surface area contributed by atoms with E-state index in [1.165, 1.54) is 0 Å². The zero-order chi connectivity index (χ0) is 7.59. The molecular formula is C7H8O4. The Bertz CT molecular complexity index is 226. The fraction of sp³-hybridized carbons (Fsp3) is 0.857. The monoisotopic (exact) mass is 156 g/mol. The third-order valence-corrected chi connectivity index (χ3v) is 2.78. The van der Waals surface area contributed by atoms with Crippen LogP contribution in [0.5, 0.6) is 0 Å². The largest absolute Gasteiger partial charge is 0.481 e. The number of carbonyl (C=O) groups is 1. The van der Waals surface area contributed by atoms with Gasteiger partial charge in [0, 0.05) is 0 Å². The number of ether oxygens (including phenoxy) is 2. The maximum absolute atomic E-state index is 10.6. The molecular weight excluding hydrogens is 148 g/mol. The van der Waals surface area contributed by atoms with Crippen LogP contribution in [-0.2, 0) is 14.3 Å². The van der Waals surface area contributed by atoms with Crippen LogP contribution >= 0.6 is 0 Å². The number of epoxide rings is 1. The van der Waals surface area contributed by atoms with Crippen molar-refractivity contribution in [3.05, 3.63) is 0 Å². The van der Waals surface area contributed by atoms with E-state index in [2.05, 4.69) is 0 Å². The minimum atomic E-state index is -0.744. The first-order chi connectivity index (χ1) is 5.27. The quantitative estimate of drug-likeness (QED) is 0.526. The van der Waals surface area contributed by atoms with Crippen molar-refractivity contribution in [1.29, 1.82) is 0 Å². The van der Waals surface area contributed by atoms with Gasteiger partial charge in [-0.25, -0.2) is 0 Å². The molecule has 60 valence electrons. The van der Waals surface area contributed by atoms with E-state index in [4.69, 9.17) is 14.6 Å². The van der Waals surface area contributed by atoms with Crippen LogP contribution in [0.1, 0.15) is 6.42 Å². The minimum Gasteiger partial charge on any atom is -0.481 e. The van der Waals surface area contributed by atoms with Gasteiger partial charge in [0.25, 0.3) is 0 Å². The number of carboxylic acid groups (broad SMARTS) is 1. The third-order valence-electron chi connectivity index (χ3n) is 2.78. The van der Waals surface area contributed by atoms with Crippen LogP contribution < -0.4 is 0 Å². The fourth-order valence-electron chi connectivity index (χ4n) is 2.20. The molecule has 4 heteroatoms. The van der Waals surface area contributed by atoms with Gasteiger partial charge in [0.1, 0.15) is 18.3 Å². The molecule has 0 aromatic heterocycles. The molecule has 3 rings (SSSR count). The first kappa shape index (κ1) is 5.97. The van der Waals surface area contributed by atoms with Crippen LogP contribution in [0.3, 0.4) is 0 Å². The maximum Gasteiger partial charge on any atom is 0.309 e. The Morgan fingerprint density at radius 1 is 1.27 bits per heavy atom. The summed E-state index contributed by atoms with van der Waals surface area (Å²) in [4.78, 5) is 10.6. The van der Waals surface area contributed by atoms with Crippen molar-refractivity contribution >= 4 is 5.97 Å². The highest BCUT2D eigenvalue weighted by Crippen LogP contribution is 2.50. The van der Waals surface area contributed by atoms with E-state index in [-0.39, 0.29) is 30.3 Å². The zero-order valence-corrected chi connectivity index (χ0v) is 5.77. The van der Waals surface area contributed by atoms with Gasteiger partial charge < -0.3 is 14.6 Å². The number of hydrogen-bond donors (Lipinski definition) is 1. The molecule has 0 radical (unpaired) electrons. The van der Waals surface area contributed by atoms with Crippen molar-refractivity contribution in [3.8, 4) is 0 Å². The normalized spacial score (nSPS) is 57.6. The second-order valence-electron chi connectivity index (χ2n) is 3.38. The molecule has 4 nitrogen and oxygen atoms in total. The fourth-order valence-corrected chi connectivity index (χ4v) is 2.20. The Kier molecular flexibility index (Phi) is 0.863. The number of aliphatic carboxylic acids is 1. The molecule has 3 fully saturated rings. The summed E-state index contributed by atoms with van der Waals surface area (Å²) < 4.78 is 10.6. The van der Waals surface area contributed by atoms with E-state index in [0.29, 0.717) is 6.42 Å². The summed E-state index contributed by atoms with van der Waals surface area (Å²) in [6.45, 7) is 0. The van der Waals surface area contributed by atoms with Crippen molar-refractivity contribution in [2.24, 2.45) is 5.92 Å². The van der Waals surface area contributed by atoms with Gasteiger partial charge in [0.2, 0.25) is 0 Å². The molecule has 1 N–H and O–H groups in total. The Morgan fingerprint density at radius 2 is 2.09 bits per heavy atom. The van der Waals surface area contributed by atoms with Crippen molar-refractivity contribution in [1.82, 2.24) is 0 Å². The molecule has 0 aromatic carbocycles. The molecule has 0 saturated carbocycles. The first-order valence-corrected chi connectivity index (χ1v) is 3.81. The van der Waals surface area contributed by atoms with Crippen LogP contribution in [0.2, 0.25) is 0 Å². The van der Waals surface area contributed by atoms with E-state index in [0.717, 1.165) is 0 Å². The summed E-state index contributed by atoms with van der Waals surface area (Å²) >= 11 is 0. The van der Waals surface area contributed by atoms with E-state index >= 15 is 0 Å². The molecule has 0 aliphatic carbocycles. The molecule has 5 unspecified atom stereocenters. The highest BCUT2D eigenvalue weighted by Gasteiger charge is 2.66. The van der Waals surface area contributed by atoms with Crippen LogP contribution in [0.4, 0.5) is 0 Å². The van der Waals surface area contributed by atoms with E-state index in [9.17, 15) is 4.79 Å². The van der Waals surface area contributed by atoms with Gasteiger partial charge in [0.15, 0.2) is 0 Å². The first-order valence-electron chi connectivity index (χ1n) is 3.81. The zero-order valence-electron chi connectivity index (χ0n) is 5.77. The molecule has 0 amide bonds. The van der Waals surface area contributed by atoms with Crippen LogP contribution in [0, 0.1) is 5.92 Å². The van der Waals surface area contributed by atoms with Gasteiger partial charge >= 0.3 is 5.97 Å². The van der Waals surface area contributed by atoms with Crippen molar-refractivity contribution in [2.75, 3.05) is 0 Å². The Hall–Kier alpha value is -0.610. The topological polar surface area (TPSA) is 59.1 Å². The Labute approximate surface area is 63.1 Å². The lowest BCUT2D eigenvalue weighted by Crippen LogP contribution is -2.30. The average molecular weight is 156 g/mol. The van der Waals surface area contributed by atoms with Crippen molar-refractivity contribution < 1.29 is 19.4 Å². The van der Waals surface area contributed by atoms with Crippen molar-refractivity contribution in [2.45, 2.75) is 30.8 Å². The van der Waals surface area contributed by atoms with Crippen molar-refractivity contribution in [3.63, 3.8) is 0 Å². The third kappa shape index (κ3) is 0.594. The predicted octanol–water partition coefficient (Wildman–Crippen LogP) is -0.374. The highest BCUT2D eigenvalue weighted by atomic mass is 16.7. The highest BCUT2D eigenvalue weighted by molar-refractivity contribution is 5.72. The summed E-state index contributed by atoms with van der Waals surface area (Å²) in [5, 5.41) is 8.74. The van der Waals surface area contributed by atoms with Crippen LogP contribution in [-0.4, -0.2) is 35.5 Å². The molecule has 3 saturated heterocycles. The van der Waals surface area contributed by atoms with E-state index < -0.39 is 5.97 Å². The number of fused-ring (bicyclic) bond motifs is 5. The van der Waals surface area contributed by atoms with Gasteiger partial charge in [-0.15, -0.1) is 0 Å². The second kappa shape index (κ2) is 1.59. The van der Waals surface area contributed by atoms with Gasteiger partial charge in [-0.1, -0.05) is 0 Å². The second-order valence-corrected chi connectivity index (χ2v) is 3.38. The standard InChI is InChI=1S/C7H8O4/c8-7(9)2-1-3-5-6(11-5)4(2)10-3/h2-6H,1H2,(H,8,9). The molecule has 0 aromatic rings. The lowest BCUT2D eigenvalue weighted by molar-refractivity contribution is -0.143. The lowest BCUT2D eigenvalue weighted by atomic mass is 9.89. The molecule has 0 spiro atoms. The minimum absolute atomic E-state index is 0.0751. The molecule has 2 bridgehead atoms. The van der Waals surface area contributed by atoms with E-state index in [1.54, 1.807) is 0 Å². The molecule has 3 aliphatic heterocycles. The van der Waals surface area contributed by atoms with Gasteiger partial charge in [-0.2, -0.15) is 0 Å². The van der Waals surface area contributed by atoms with Gasteiger partial charge in [-0.05, 0) is 6.42 Å². The molecule has 3 aliphatic rings. The number of rotatable bonds is 1. The predicted molar refractivity (Wildman–Crippen MR) is 33.1 cm³/mol. The SMILES string of the molecule is O=C(O)C1CC2OC1C1OC21. The summed E-state index contributed by atoms with van der Waals surface area (Å²) in [7, 11) is 0. The number of hydrogen-bond acceptors (Lipinski definition) is 3. The summed E-state index contributed by atoms with van der Waals surface area (Å²) in [6.07, 6.45) is 0.903. The average Bonchev–Trinajstić information content (AvgIpc) is 2.57. The van der Waals surface area contributed by atoms with E-state index in [1.807, 2.05) is 0 Å². The van der Waals surface area contributed by atoms with Crippen LogP contribution in [0.25, 0.3) is 0 Å². The maximum atomic E-state index is 10.6. The molecule has 11 heavy (non-hydrogen) atoms. The summed E-state index contributed by atoms with van der Waals surface area (Å²) in [5.41, 5.74) is 0. The summed E-state index contributed by atoms with van der Waals surface area (Å²) in [6, 6.07) is 0. The molecule has 3 heterocycles. The lowest BCUT2D eigenvalue weighted by Gasteiger charge is -2.10. The Balaban J connectivity index is 1.87. The number of carboxylic acids is 1. The van der Waals surface area contributed by atoms with Gasteiger partial charge in [0.05, 0.1) is 12.0 Å². The summed E-state index contributed by atoms with van der Waals surface area (Å²) in [5.74, 6) is -1.06. The molecule has 5 atom stereocenters. The Morgan fingerprint density at radius 3 is 2.64 bits per heavy atom. The smallest absolute Gasteiger partial charge is 0.309 e. The van der Waals surface area contributed by atoms with Gasteiger partial charge in [-0.3, -0.25) is 4.79 Å².